The largest absolute Gasteiger partial charge is 0.291 e. The fraction of sp³-hybridized carbons (Fsp3) is 0.700. The zero-order chi connectivity index (χ0) is 10.9. The van der Waals surface area contributed by atoms with Crippen LogP contribution < -0.4 is 0 Å². The first-order valence-corrected chi connectivity index (χ1v) is 4.90. The Labute approximate surface area is 84.3 Å². The normalized spacial score (nSPS) is 11.4. The minimum atomic E-state index is -0.0775. The van der Waals surface area contributed by atoms with Gasteiger partial charge in [0.25, 0.3) is 0 Å². The SMILES string of the molecule is CC(=O)c1nc(C(C)C)n(C(C)C)n1. The lowest BCUT2D eigenvalue weighted by molar-refractivity contribution is 0.100. The van der Waals surface area contributed by atoms with Gasteiger partial charge in [-0.2, -0.15) is 0 Å². The number of ketones is 1. The van der Waals surface area contributed by atoms with E-state index in [-0.39, 0.29) is 17.7 Å². The molecule has 1 rings (SSSR count). The average molecular weight is 195 g/mol. The molecule has 14 heavy (non-hydrogen) atoms. The van der Waals surface area contributed by atoms with Crippen LogP contribution in [0.4, 0.5) is 0 Å². The molecular weight excluding hydrogens is 178 g/mol. The number of hydrogen-bond donors (Lipinski definition) is 0. The van der Waals surface area contributed by atoms with E-state index in [0.717, 1.165) is 5.82 Å². The molecule has 0 N–H and O–H groups in total. The van der Waals surface area contributed by atoms with Crippen molar-refractivity contribution in [1.29, 1.82) is 0 Å². The lowest BCUT2D eigenvalue weighted by Gasteiger charge is -2.10. The van der Waals surface area contributed by atoms with Gasteiger partial charge >= 0.3 is 0 Å². The minimum Gasteiger partial charge on any atom is -0.291 e. The maximum atomic E-state index is 11.1. The first-order valence-electron chi connectivity index (χ1n) is 4.90. The van der Waals surface area contributed by atoms with Crippen LogP contribution in [-0.2, 0) is 0 Å². The molecule has 0 saturated heterocycles. The Morgan fingerprint density at radius 2 is 1.86 bits per heavy atom. The minimum absolute atomic E-state index is 0.0775. The fourth-order valence-corrected chi connectivity index (χ4v) is 1.26. The second-order valence-corrected chi connectivity index (χ2v) is 4.04. The Bertz CT molecular complexity index is 314. The molecule has 0 bridgehead atoms. The zero-order valence-electron chi connectivity index (χ0n) is 9.40. The highest BCUT2D eigenvalue weighted by Gasteiger charge is 2.16. The molecule has 1 aromatic rings. The molecule has 0 aliphatic heterocycles. The molecule has 0 unspecified atom stereocenters. The topological polar surface area (TPSA) is 47.8 Å². The number of aromatic nitrogens is 3. The molecule has 0 aliphatic carbocycles. The van der Waals surface area contributed by atoms with Gasteiger partial charge in [-0.05, 0) is 13.8 Å². The van der Waals surface area contributed by atoms with Crippen molar-refractivity contribution < 1.29 is 4.79 Å². The molecule has 0 saturated carbocycles. The Hall–Kier alpha value is -1.19. The van der Waals surface area contributed by atoms with Crippen LogP contribution in [0.3, 0.4) is 0 Å². The Morgan fingerprint density at radius 3 is 2.14 bits per heavy atom. The summed E-state index contributed by atoms with van der Waals surface area (Å²) in [6.07, 6.45) is 0. The van der Waals surface area contributed by atoms with Gasteiger partial charge in [0.05, 0.1) is 0 Å². The summed E-state index contributed by atoms with van der Waals surface area (Å²) in [5.41, 5.74) is 0. The molecule has 0 amide bonds. The first-order chi connectivity index (χ1) is 6.43. The number of rotatable bonds is 3. The van der Waals surface area contributed by atoms with Crippen LogP contribution in [0.15, 0.2) is 0 Å². The van der Waals surface area contributed by atoms with E-state index in [1.807, 2.05) is 32.4 Å². The van der Waals surface area contributed by atoms with E-state index in [0.29, 0.717) is 5.82 Å². The summed E-state index contributed by atoms with van der Waals surface area (Å²) < 4.78 is 1.82. The number of Topliss-reactive ketones (excluding diaryl/α,β-unsaturated/α-hetero) is 1. The molecule has 0 atom stereocenters. The molecule has 78 valence electrons. The van der Waals surface area contributed by atoms with Crippen molar-refractivity contribution in [3.8, 4) is 0 Å². The van der Waals surface area contributed by atoms with Crippen LogP contribution >= 0.6 is 0 Å². The zero-order valence-corrected chi connectivity index (χ0v) is 9.40. The molecule has 0 fully saturated rings. The van der Waals surface area contributed by atoms with Gasteiger partial charge in [0, 0.05) is 18.9 Å². The summed E-state index contributed by atoms with van der Waals surface area (Å²) in [5.74, 6) is 1.41. The third kappa shape index (κ3) is 2.00. The van der Waals surface area contributed by atoms with Gasteiger partial charge in [-0.3, -0.25) is 4.79 Å². The first kappa shape index (κ1) is 10.9. The number of carbonyl (C=O) groups excluding carboxylic acids is 1. The van der Waals surface area contributed by atoms with E-state index in [9.17, 15) is 4.79 Å². The predicted molar refractivity (Wildman–Crippen MR) is 54.5 cm³/mol. The lowest BCUT2D eigenvalue weighted by Crippen LogP contribution is -2.09. The van der Waals surface area contributed by atoms with Crippen LogP contribution in [-0.4, -0.2) is 20.5 Å². The molecule has 4 heteroatoms. The summed E-state index contributed by atoms with van der Waals surface area (Å²) in [5, 5.41) is 4.19. The lowest BCUT2D eigenvalue weighted by atomic mass is 10.2. The summed E-state index contributed by atoms with van der Waals surface area (Å²) in [7, 11) is 0. The van der Waals surface area contributed by atoms with Gasteiger partial charge < -0.3 is 0 Å². The second kappa shape index (κ2) is 3.90. The third-order valence-corrected chi connectivity index (χ3v) is 1.98. The standard InChI is InChI=1S/C10H17N3O/c1-6(2)10-11-9(8(5)14)12-13(10)7(3)4/h6-7H,1-5H3. The maximum absolute atomic E-state index is 11.1. The molecule has 1 aromatic heterocycles. The molecule has 0 aliphatic rings. The highest BCUT2D eigenvalue weighted by atomic mass is 16.1. The average Bonchev–Trinajstić information content (AvgIpc) is 2.47. The van der Waals surface area contributed by atoms with Gasteiger partial charge in [-0.1, -0.05) is 13.8 Å². The summed E-state index contributed by atoms with van der Waals surface area (Å²) >= 11 is 0. The van der Waals surface area contributed by atoms with Crippen LogP contribution in [0.5, 0.6) is 0 Å². The van der Waals surface area contributed by atoms with Gasteiger partial charge in [0.2, 0.25) is 5.82 Å². The van der Waals surface area contributed by atoms with Crippen molar-refractivity contribution in [1.82, 2.24) is 14.8 Å². The number of hydrogen-bond acceptors (Lipinski definition) is 3. The highest BCUT2D eigenvalue weighted by molar-refractivity contribution is 5.90. The van der Waals surface area contributed by atoms with E-state index >= 15 is 0 Å². The van der Waals surface area contributed by atoms with Crippen molar-refractivity contribution in [3.63, 3.8) is 0 Å². The van der Waals surface area contributed by atoms with Crippen LogP contribution in [0.25, 0.3) is 0 Å². The van der Waals surface area contributed by atoms with Gasteiger partial charge in [-0.15, -0.1) is 5.10 Å². The fourth-order valence-electron chi connectivity index (χ4n) is 1.26. The number of carbonyl (C=O) groups is 1. The van der Waals surface area contributed by atoms with Gasteiger partial charge in [0.1, 0.15) is 5.82 Å². The van der Waals surface area contributed by atoms with E-state index in [1.165, 1.54) is 6.92 Å². The van der Waals surface area contributed by atoms with Crippen molar-refractivity contribution in [2.75, 3.05) is 0 Å². The third-order valence-electron chi connectivity index (χ3n) is 1.98. The van der Waals surface area contributed by atoms with Crippen LogP contribution in [0.1, 0.15) is 63.0 Å². The predicted octanol–water partition coefficient (Wildman–Crippen LogP) is 2.19. The van der Waals surface area contributed by atoms with Gasteiger partial charge in [0.15, 0.2) is 5.78 Å². The highest BCUT2D eigenvalue weighted by Crippen LogP contribution is 2.16. The smallest absolute Gasteiger partial charge is 0.217 e. The quantitative estimate of drug-likeness (QED) is 0.694. The van der Waals surface area contributed by atoms with Crippen molar-refractivity contribution in [2.24, 2.45) is 0 Å². The Kier molecular flexibility index (Phi) is 3.03. The van der Waals surface area contributed by atoms with E-state index in [4.69, 9.17) is 0 Å². The Morgan fingerprint density at radius 1 is 1.29 bits per heavy atom. The Balaban J connectivity index is 3.19. The van der Waals surface area contributed by atoms with Crippen molar-refractivity contribution in [2.45, 2.75) is 46.6 Å². The monoisotopic (exact) mass is 195 g/mol. The summed E-state index contributed by atoms with van der Waals surface area (Å²) in [6, 6.07) is 0.244. The molecule has 4 nitrogen and oxygen atoms in total. The maximum Gasteiger partial charge on any atom is 0.217 e. The van der Waals surface area contributed by atoms with E-state index in [1.54, 1.807) is 0 Å². The molecule has 1 heterocycles. The van der Waals surface area contributed by atoms with Crippen molar-refractivity contribution in [3.05, 3.63) is 11.6 Å². The van der Waals surface area contributed by atoms with E-state index < -0.39 is 0 Å². The van der Waals surface area contributed by atoms with E-state index in [2.05, 4.69) is 10.1 Å². The van der Waals surface area contributed by atoms with Crippen molar-refractivity contribution >= 4 is 5.78 Å². The second-order valence-electron chi connectivity index (χ2n) is 4.04. The molecular formula is C10H17N3O. The molecule has 0 spiro atoms. The number of nitrogens with zero attached hydrogens (tertiary/aromatic N) is 3. The molecule has 0 aromatic carbocycles. The van der Waals surface area contributed by atoms with Crippen LogP contribution in [0, 0.1) is 0 Å². The summed E-state index contributed by atoms with van der Waals surface area (Å²) in [4.78, 5) is 15.4. The van der Waals surface area contributed by atoms with Gasteiger partial charge in [-0.25, -0.2) is 9.67 Å². The van der Waals surface area contributed by atoms with Crippen LogP contribution in [0.2, 0.25) is 0 Å². The molecule has 0 radical (unpaired) electrons. The summed E-state index contributed by atoms with van der Waals surface area (Å²) in [6.45, 7) is 9.65.